The smallest absolute Gasteiger partial charge is 0.321 e. The summed E-state index contributed by atoms with van der Waals surface area (Å²) in [5, 5.41) is 13.6. The lowest BCUT2D eigenvalue weighted by Crippen LogP contribution is -2.33. The molecule has 19 heavy (non-hydrogen) atoms. The van der Waals surface area contributed by atoms with Crippen molar-refractivity contribution in [2.45, 2.75) is 11.4 Å². The van der Waals surface area contributed by atoms with E-state index in [0.717, 1.165) is 16.5 Å². The van der Waals surface area contributed by atoms with E-state index in [-0.39, 0.29) is 5.37 Å². The van der Waals surface area contributed by atoms with Gasteiger partial charge in [0, 0.05) is 27.9 Å². The Bertz CT molecular complexity index is 650. The third-order valence-corrected chi connectivity index (χ3v) is 4.69. The SMILES string of the molecule is O=C(O)C1CSC(c2ccc(Cl)c3cccnc23)N1. The zero-order valence-corrected chi connectivity index (χ0v) is 11.4. The molecule has 0 amide bonds. The molecule has 1 fully saturated rings. The van der Waals surface area contributed by atoms with Gasteiger partial charge in [0.1, 0.15) is 6.04 Å². The molecule has 0 aliphatic carbocycles. The van der Waals surface area contributed by atoms with Crippen LogP contribution >= 0.6 is 23.4 Å². The van der Waals surface area contributed by atoms with Crippen LogP contribution in [0.3, 0.4) is 0 Å². The van der Waals surface area contributed by atoms with Crippen LogP contribution < -0.4 is 5.32 Å². The van der Waals surface area contributed by atoms with E-state index in [1.54, 1.807) is 18.0 Å². The van der Waals surface area contributed by atoms with E-state index >= 15 is 0 Å². The molecule has 0 saturated carbocycles. The number of thioether (sulfide) groups is 1. The number of carboxylic acids is 1. The number of carboxylic acid groups (broad SMARTS) is 1. The first kappa shape index (κ1) is 12.7. The third-order valence-electron chi connectivity index (χ3n) is 3.11. The quantitative estimate of drug-likeness (QED) is 0.891. The summed E-state index contributed by atoms with van der Waals surface area (Å²) in [6.07, 6.45) is 1.72. The van der Waals surface area contributed by atoms with E-state index < -0.39 is 12.0 Å². The second-order valence-electron chi connectivity index (χ2n) is 4.31. The van der Waals surface area contributed by atoms with E-state index in [1.165, 1.54) is 0 Å². The van der Waals surface area contributed by atoms with Gasteiger partial charge in [-0.1, -0.05) is 17.7 Å². The Hall–Kier alpha value is -1.30. The van der Waals surface area contributed by atoms with Crippen LogP contribution in [0, 0.1) is 0 Å². The third kappa shape index (κ3) is 2.29. The van der Waals surface area contributed by atoms with Gasteiger partial charge in [0.2, 0.25) is 0 Å². The zero-order valence-electron chi connectivity index (χ0n) is 9.84. The molecule has 1 aliphatic heterocycles. The number of benzene rings is 1. The molecule has 1 aromatic heterocycles. The van der Waals surface area contributed by atoms with E-state index in [2.05, 4.69) is 10.3 Å². The standard InChI is InChI=1S/C13H11ClN2O2S/c14-9-4-3-8(11-7(9)2-1-5-15-11)12-16-10(6-19-12)13(17)18/h1-5,10,12,16H,6H2,(H,17,18). The van der Waals surface area contributed by atoms with Crippen LogP contribution in [0.1, 0.15) is 10.9 Å². The Labute approximate surface area is 119 Å². The van der Waals surface area contributed by atoms with Gasteiger partial charge in [0.15, 0.2) is 0 Å². The average Bonchev–Trinajstić information content (AvgIpc) is 2.89. The molecule has 4 nitrogen and oxygen atoms in total. The van der Waals surface area contributed by atoms with Gasteiger partial charge in [0.25, 0.3) is 0 Å². The largest absolute Gasteiger partial charge is 0.480 e. The fourth-order valence-corrected chi connectivity index (χ4v) is 3.63. The van der Waals surface area contributed by atoms with Crippen molar-refractivity contribution in [2.75, 3.05) is 5.75 Å². The van der Waals surface area contributed by atoms with Gasteiger partial charge in [-0.05, 0) is 18.2 Å². The van der Waals surface area contributed by atoms with Crippen LogP contribution in [-0.2, 0) is 4.79 Å². The van der Waals surface area contributed by atoms with Crippen LogP contribution in [-0.4, -0.2) is 27.9 Å². The number of carbonyl (C=O) groups is 1. The maximum Gasteiger partial charge on any atom is 0.321 e. The summed E-state index contributed by atoms with van der Waals surface area (Å²) >= 11 is 7.73. The Morgan fingerprint density at radius 3 is 3.05 bits per heavy atom. The highest BCUT2D eigenvalue weighted by atomic mass is 35.5. The number of hydrogen-bond acceptors (Lipinski definition) is 4. The van der Waals surface area contributed by atoms with Gasteiger partial charge in [0.05, 0.1) is 10.9 Å². The van der Waals surface area contributed by atoms with Crippen molar-refractivity contribution in [3.63, 3.8) is 0 Å². The molecule has 0 spiro atoms. The molecule has 1 saturated heterocycles. The molecular weight excluding hydrogens is 284 g/mol. The van der Waals surface area contributed by atoms with E-state index in [1.807, 2.05) is 24.3 Å². The highest BCUT2D eigenvalue weighted by molar-refractivity contribution is 7.99. The van der Waals surface area contributed by atoms with Crippen LogP contribution in [0.2, 0.25) is 5.02 Å². The van der Waals surface area contributed by atoms with Crippen molar-refractivity contribution >= 4 is 40.2 Å². The minimum absolute atomic E-state index is 0.0595. The molecule has 2 atom stereocenters. The van der Waals surface area contributed by atoms with Gasteiger partial charge in [-0.2, -0.15) is 0 Å². The van der Waals surface area contributed by atoms with Crippen molar-refractivity contribution < 1.29 is 9.90 Å². The molecule has 98 valence electrons. The number of aromatic nitrogens is 1. The fourth-order valence-electron chi connectivity index (χ4n) is 2.16. The minimum Gasteiger partial charge on any atom is -0.480 e. The zero-order chi connectivity index (χ0) is 13.4. The maximum absolute atomic E-state index is 11.0. The molecule has 0 radical (unpaired) electrons. The highest BCUT2D eigenvalue weighted by Gasteiger charge is 2.31. The number of nitrogens with zero attached hydrogens (tertiary/aromatic N) is 1. The Balaban J connectivity index is 2.02. The van der Waals surface area contributed by atoms with Crippen LogP contribution in [0.4, 0.5) is 0 Å². The van der Waals surface area contributed by atoms with Gasteiger partial charge >= 0.3 is 5.97 Å². The first-order valence-electron chi connectivity index (χ1n) is 5.80. The topological polar surface area (TPSA) is 62.2 Å². The van der Waals surface area contributed by atoms with Crippen molar-refractivity contribution in [1.82, 2.24) is 10.3 Å². The number of nitrogens with one attached hydrogen (secondary N) is 1. The first-order chi connectivity index (χ1) is 9.16. The molecule has 2 unspecified atom stereocenters. The predicted octanol–water partition coefficient (Wildman–Crippen LogP) is 2.68. The normalized spacial score (nSPS) is 22.8. The number of fused-ring (bicyclic) bond motifs is 1. The van der Waals surface area contributed by atoms with Crippen LogP contribution in [0.5, 0.6) is 0 Å². The first-order valence-corrected chi connectivity index (χ1v) is 7.23. The van der Waals surface area contributed by atoms with Gasteiger partial charge < -0.3 is 5.11 Å². The van der Waals surface area contributed by atoms with Crippen molar-refractivity contribution in [3.8, 4) is 0 Å². The second kappa shape index (κ2) is 5.00. The number of halogens is 1. The van der Waals surface area contributed by atoms with Gasteiger partial charge in [-0.3, -0.25) is 15.1 Å². The summed E-state index contributed by atoms with van der Waals surface area (Å²) in [5.74, 6) is -0.266. The lowest BCUT2D eigenvalue weighted by atomic mass is 10.1. The summed E-state index contributed by atoms with van der Waals surface area (Å²) in [6, 6.07) is 6.99. The van der Waals surface area contributed by atoms with E-state index in [9.17, 15) is 4.79 Å². The molecule has 1 aromatic carbocycles. The summed E-state index contributed by atoms with van der Waals surface area (Å²) in [6.45, 7) is 0. The second-order valence-corrected chi connectivity index (χ2v) is 5.85. The molecule has 2 aromatic rings. The van der Waals surface area contributed by atoms with Crippen LogP contribution in [0.25, 0.3) is 10.9 Å². The lowest BCUT2D eigenvalue weighted by molar-refractivity contribution is -0.138. The van der Waals surface area contributed by atoms with E-state index in [4.69, 9.17) is 16.7 Å². The Morgan fingerprint density at radius 2 is 2.32 bits per heavy atom. The summed E-state index contributed by atoms with van der Waals surface area (Å²) in [4.78, 5) is 15.4. The summed E-state index contributed by atoms with van der Waals surface area (Å²) in [5.41, 5.74) is 1.81. The monoisotopic (exact) mass is 294 g/mol. The lowest BCUT2D eigenvalue weighted by Gasteiger charge is -2.14. The number of rotatable bonds is 2. The summed E-state index contributed by atoms with van der Waals surface area (Å²) in [7, 11) is 0. The van der Waals surface area contributed by atoms with Gasteiger partial charge in [-0.15, -0.1) is 11.8 Å². The molecular formula is C13H11ClN2O2S. The van der Waals surface area contributed by atoms with Crippen molar-refractivity contribution in [2.24, 2.45) is 0 Å². The van der Waals surface area contributed by atoms with Crippen molar-refractivity contribution in [3.05, 3.63) is 41.0 Å². The molecule has 1 aliphatic rings. The van der Waals surface area contributed by atoms with Crippen molar-refractivity contribution in [1.29, 1.82) is 0 Å². The van der Waals surface area contributed by atoms with Gasteiger partial charge in [-0.25, -0.2) is 0 Å². The predicted molar refractivity (Wildman–Crippen MR) is 76.5 cm³/mol. The molecule has 6 heteroatoms. The molecule has 0 bridgehead atoms. The number of pyridine rings is 1. The number of aliphatic carboxylic acids is 1. The maximum atomic E-state index is 11.0. The highest BCUT2D eigenvalue weighted by Crippen LogP contribution is 2.37. The average molecular weight is 295 g/mol. The Kier molecular flexibility index (Phi) is 3.35. The minimum atomic E-state index is -0.818. The van der Waals surface area contributed by atoms with E-state index in [0.29, 0.717) is 10.8 Å². The fraction of sp³-hybridized carbons (Fsp3) is 0.231. The molecule has 2 N–H and O–H groups in total. The molecule has 3 rings (SSSR count). The Morgan fingerprint density at radius 1 is 1.47 bits per heavy atom. The van der Waals surface area contributed by atoms with Crippen LogP contribution in [0.15, 0.2) is 30.5 Å². The summed E-state index contributed by atoms with van der Waals surface area (Å²) < 4.78 is 0. The number of hydrogen-bond donors (Lipinski definition) is 2. The molecule has 2 heterocycles.